The SMILES string of the molecule is CCC1(CCCc2ccc(F)cc2)CCCCC1. The van der Waals surface area contributed by atoms with Crippen LogP contribution in [0.15, 0.2) is 24.3 Å². The van der Waals surface area contributed by atoms with Crippen LogP contribution in [-0.2, 0) is 6.42 Å². The van der Waals surface area contributed by atoms with Gasteiger partial charge in [0.15, 0.2) is 0 Å². The number of rotatable bonds is 5. The number of aryl methyl sites for hydroxylation is 1. The quantitative estimate of drug-likeness (QED) is 0.644. The molecule has 0 aliphatic heterocycles. The van der Waals surface area contributed by atoms with E-state index in [1.165, 1.54) is 56.9 Å². The van der Waals surface area contributed by atoms with Gasteiger partial charge in [-0.05, 0) is 55.2 Å². The van der Waals surface area contributed by atoms with Crippen molar-refractivity contribution in [2.45, 2.75) is 64.7 Å². The first-order valence-corrected chi connectivity index (χ1v) is 7.49. The van der Waals surface area contributed by atoms with Crippen molar-refractivity contribution in [1.29, 1.82) is 0 Å². The molecule has 1 saturated carbocycles. The second-order valence-electron chi connectivity index (χ2n) is 5.89. The molecule has 1 aromatic carbocycles. The van der Waals surface area contributed by atoms with Gasteiger partial charge >= 0.3 is 0 Å². The van der Waals surface area contributed by atoms with Crippen LogP contribution >= 0.6 is 0 Å². The average Bonchev–Trinajstić information content (AvgIpc) is 2.42. The molecule has 1 fully saturated rings. The van der Waals surface area contributed by atoms with Crippen molar-refractivity contribution >= 4 is 0 Å². The Hall–Kier alpha value is -0.850. The molecule has 0 aromatic heterocycles. The zero-order chi connectivity index (χ0) is 12.8. The van der Waals surface area contributed by atoms with Crippen molar-refractivity contribution in [2.75, 3.05) is 0 Å². The summed E-state index contributed by atoms with van der Waals surface area (Å²) < 4.78 is 12.8. The fourth-order valence-electron chi connectivity index (χ4n) is 3.40. The van der Waals surface area contributed by atoms with Crippen LogP contribution in [0.5, 0.6) is 0 Å². The lowest BCUT2D eigenvalue weighted by atomic mass is 9.69. The van der Waals surface area contributed by atoms with Crippen molar-refractivity contribution in [3.8, 4) is 0 Å². The highest BCUT2D eigenvalue weighted by Gasteiger charge is 2.29. The average molecular weight is 248 g/mol. The maximum Gasteiger partial charge on any atom is 0.123 e. The molecule has 18 heavy (non-hydrogen) atoms. The number of halogens is 1. The highest BCUT2D eigenvalue weighted by molar-refractivity contribution is 5.16. The van der Waals surface area contributed by atoms with Crippen LogP contribution in [-0.4, -0.2) is 0 Å². The van der Waals surface area contributed by atoms with E-state index in [1.54, 1.807) is 12.1 Å². The number of benzene rings is 1. The standard InChI is InChI=1S/C17H25F/c1-2-17(12-4-3-5-13-17)14-6-7-15-8-10-16(18)11-9-15/h8-11H,2-7,12-14H2,1H3. The van der Waals surface area contributed by atoms with Crippen LogP contribution in [0, 0.1) is 11.2 Å². The van der Waals surface area contributed by atoms with Gasteiger partial charge in [-0.2, -0.15) is 0 Å². The fraction of sp³-hybridized carbons (Fsp3) is 0.647. The summed E-state index contributed by atoms with van der Waals surface area (Å²) in [6.45, 7) is 2.35. The maximum atomic E-state index is 12.8. The molecular formula is C17H25F. The Balaban J connectivity index is 1.81. The van der Waals surface area contributed by atoms with Crippen molar-refractivity contribution in [1.82, 2.24) is 0 Å². The van der Waals surface area contributed by atoms with Crippen LogP contribution in [0.25, 0.3) is 0 Å². The van der Waals surface area contributed by atoms with Gasteiger partial charge in [0.05, 0.1) is 0 Å². The van der Waals surface area contributed by atoms with E-state index in [1.807, 2.05) is 12.1 Å². The summed E-state index contributed by atoms with van der Waals surface area (Å²) in [6, 6.07) is 7.00. The van der Waals surface area contributed by atoms with Crippen LogP contribution in [0.2, 0.25) is 0 Å². The van der Waals surface area contributed by atoms with Gasteiger partial charge < -0.3 is 0 Å². The number of hydrogen-bond acceptors (Lipinski definition) is 0. The van der Waals surface area contributed by atoms with Crippen molar-refractivity contribution in [3.63, 3.8) is 0 Å². The van der Waals surface area contributed by atoms with Crippen LogP contribution in [0.4, 0.5) is 4.39 Å². The first kappa shape index (κ1) is 13.6. The molecule has 0 bridgehead atoms. The van der Waals surface area contributed by atoms with Gasteiger partial charge in [0.1, 0.15) is 5.82 Å². The van der Waals surface area contributed by atoms with E-state index in [0.29, 0.717) is 5.41 Å². The Labute approximate surface area is 111 Å². The molecule has 2 rings (SSSR count). The summed E-state index contributed by atoms with van der Waals surface area (Å²) in [5, 5.41) is 0. The molecule has 0 atom stereocenters. The zero-order valence-electron chi connectivity index (χ0n) is 11.6. The third-order valence-corrected chi connectivity index (χ3v) is 4.75. The molecule has 1 aromatic rings. The second-order valence-corrected chi connectivity index (χ2v) is 5.89. The van der Waals surface area contributed by atoms with Gasteiger partial charge in [-0.3, -0.25) is 0 Å². The van der Waals surface area contributed by atoms with Gasteiger partial charge in [0.2, 0.25) is 0 Å². The molecule has 0 amide bonds. The maximum absolute atomic E-state index is 12.8. The lowest BCUT2D eigenvalue weighted by Gasteiger charge is -2.36. The molecule has 1 aliphatic carbocycles. The summed E-state index contributed by atoms with van der Waals surface area (Å²) in [5.74, 6) is -0.129. The minimum Gasteiger partial charge on any atom is -0.207 e. The minimum atomic E-state index is -0.129. The molecule has 0 N–H and O–H groups in total. The van der Waals surface area contributed by atoms with E-state index in [2.05, 4.69) is 6.92 Å². The first-order chi connectivity index (χ1) is 8.74. The van der Waals surface area contributed by atoms with E-state index in [4.69, 9.17) is 0 Å². The highest BCUT2D eigenvalue weighted by Crippen LogP contribution is 2.43. The lowest BCUT2D eigenvalue weighted by Crippen LogP contribution is -2.23. The van der Waals surface area contributed by atoms with Gasteiger partial charge in [-0.25, -0.2) is 4.39 Å². The van der Waals surface area contributed by atoms with Crippen LogP contribution < -0.4 is 0 Å². The monoisotopic (exact) mass is 248 g/mol. The summed E-state index contributed by atoms with van der Waals surface area (Å²) in [5.41, 5.74) is 1.90. The van der Waals surface area contributed by atoms with E-state index in [-0.39, 0.29) is 5.82 Å². The molecule has 0 spiro atoms. The summed E-state index contributed by atoms with van der Waals surface area (Å²) in [7, 11) is 0. The minimum absolute atomic E-state index is 0.129. The van der Waals surface area contributed by atoms with Gasteiger partial charge in [-0.1, -0.05) is 44.7 Å². The molecular weight excluding hydrogens is 223 g/mol. The van der Waals surface area contributed by atoms with Crippen LogP contribution in [0.1, 0.15) is 63.9 Å². The molecule has 0 heterocycles. The topological polar surface area (TPSA) is 0 Å². The first-order valence-electron chi connectivity index (χ1n) is 7.49. The highest BCUT2D eigenvalue weighted by atomic mass is 19.1. The molecule has 1 aliphatic rings. The Morgan fingerprint density at radius 3 is 2.33 bits per heavy atom. The third kappa shape index (κ3) is 3.57. The summed E-state index contributed by atoms with van der Waals surface area (Å²) >= 11 is 0. The molecule has 1 heteroatoms. The van der Waals surface area contributed by atoms with E-state index >= 15 is 0 Å². The predicted octanol–water partition coefficient (Wildman–Crippen LogP) is 5.51. The second kappa shape index (κ2) is 6.36. The van der Waals surface area contributed by atoms with Gasteiger partial charge in [0.25, 0.3) is 0 Å². The molecule has 0 nitrogen and oxygen atoms in total. The van der Waals surface area contributed by atoms with Crippen molar-refractivity contribution in [2.24, 2.45) is 5.41 Å². The smallest absolute Gasteiger partial charge is 0.123 e. The van der Waals surface area contributed by atoms with Crippen LogP contribution in [0.3, 0.4) is 0 Å². The number of hydrogen-bond donors (Lipinski definition) is 0. The largest absolute Gasteiger partial charge is 0.207 e. The summed E-state index contributed by atoms with van der Waals surface area (Å²) in [4.78, 5) is 0. The fourth-order valence-corrected chi connectivity index (χ4v) is 3.40. The van der Waals surface area contributed by atoms with E-state index in [9.17, 15) is 4.39 Å². The predicted molar refractivity (Wildman–Crippen MR) is 75.1 cm³/mol. The molecule has 100 valence electrons. The van der Waals surface area contributed by atoms with Gasteiger partial charge in [0, 0.05) is 0 Å². The Kier molecular flexibility index (Phi) is 4.79. The Morgan fingerprint density at radius 1 is 1.06 bits per heavy atom. The summed E-state index contributed by atoms with van der Waals surface area (Å²) in [6.07, 6.45) is 12.1. The normalized spacial score (nSPS) is 18.8. The third-order valence-electron chi connectivity index (χ3n) is 4.75. The molecule has 0 unspecified atom stereocenters. The van der Waals surface area contributed by atoms with E-state index in [0.717, 1.165) is 6.42 Å². The lowest BCUT2D eigenvalue weighted by molar-refractivity contribution is 0.161. The zero-order valence-corrected chi connectivity index (χ0v) is 11.6. The molecule has 0 radical (unpaired) electrons. The van der Waals surface area contributed by atoms with Gasteiger partial charge in [-0.15, -0.1) is 0 Å². The Bertz CT molecular complexity index is 346. The van der Waals surface area contributed by atoms with Crippen molar-refractivity contribution < 1.29 is 4.39 Å². The molecule has 0 saturated heterocycles. The van der Waals surface area contributed by atoms with Crippen molar-refractivity contribution in [3.05, 3.63) is 35.6 Å². The Morgan fingerprint density at radius 2 is 1.72 bits per heavy atom. The van der Waals surface area contributed by atoms with E-state index < -0.39 is 0 Å².